The van der Waals surface area contributed by atoms with Gasteiger partial charge in [0.25, 0.3) is 7.82 Å². The molecule has 9 nitrogen and oxygen atoms in total. The molecule has 0 saturated carbocycles. The van der Waals surface area contributed by atoms with Crippen LogP contribution in [-0.4, -0.2) is 70.0 Å². The van der Waals surface area contributed by atoms with Crippen molar-refractivity contribution in [2.75, 3.05) is 47.5 Å². The number of nitrogens with zero attached hydrogens (tertiary/aromatic N) is 1. The molecule has 0 amide bonds. The topological polar surface area (TPSA) is 111 Å². The van der Waals surface area contributed by atoms with Crippen LogP contribution in [-0.2, 0) is 32.7 Å². The molecule has 0 saturated heterocycles. The van der Waals surface area contributed by atoms with E-state index in [1.165, 1.54) is 122 Å². The van der Waals surface area contributed by atoms with Crippen molar-refractivity contribution in [2.45, 2.75) is 225 Å². The summed E-state index contributed by atoms with van der Waals surface area (Å²) in [5, 5.41) is 0. The van der Waals surface area contributed by atoms with E-state index in [-0.39, 0.29) is 32.0 Å². The molecule has 0 N–H and O–H groups in total. The van der Waals surface area contributed by atoms with Gasteiger partial charge in [0.1, 0.15) is 19.8 Å². The zero-order chi connectivity index (χ0) is 45.7. The monoisotopic (exact) mass is 894 g/mol. The second kappa shape index (κ2) is 44.2. The van der Waals surface area contributed by atoms with Gasteiger partial charge in [-0.2, -0.15) is 0 Å². The summed E-state index contributed by atoms with van der Waals surface area (Å²) in [6, 6.07) is 0. The molecule has 10 heteroatoms. The molecule has 0 aromatic rings. The summed E-state index contributed by atoms with van der Waals surface area (Å²) < 4.78 is 34.0. The molecular formula is C52H96NO8P. The second-order valence-electron chi connectivity index (χ2n) is 18.2. The lowest BCUT2D eigenvalue weighted by atomic mass is 10.0. The second-order valence-corrected chi connectivity index (χ2v) is 19.6. The van der Waals surface area contributed by atoms with Crippen molar-refractivity contribution in [2.24, 2.45) is 0 Å². The van der Waals surface area contributed by atoms with Crippen molar-refractivity contribution in [1.82, 2.24) is 0 Å². The number of quaternary nitrogens is 1. The summed E-state index contributed by atoms with van der Waals surface area (Å²) in [6.07, 6.45) is 52.8. The van der Waals surface area contributed by atoms with Gasteiger partial charge in [0.2, 0.25) is 0 Å². The molecule has 2 atom stereocenters. The van der Waals surface area contributed by atoms with Crippen LogP contribution in [0.3, 0.4) is 0 Å². The van der Waals surface area contributed by atoms with Crippen LogP contribution in [0.2, 0.25) is 0 Å². The summed E-state index contributed by atoms with van der Waals surface area (Å²) in [7, 11) is 1.17. The maximum absolute atomic E-state index is 12.7. The largest absolute Gasteiger partial charge is 0.756 e. The fourth-order valence-corrected chi connectivity index (χ4v) is 7.67. The molecule has 0 spiro atoms. The molecule has 2 unspecified atom stereocenters. The van der Waals surface area contributed by atoms with E-state index in [9.17, 15) is 19.0 Å². The smallest absolute Gasteiger partial charge is 0.306 e. The van der Waals surface area contributed by atoms with Crippen LogP contribution in [0.4, 0.5) is 0 Å². The number of rotatable bonds is 46. The van der Waals surface area contributed by atoms with Gasteiger partial charge < -0.3 is 27.9 Å². The average Bonchev–Trinajstić information content (AvgIpc) is 3.23. The maximum atomic E-state index is 12.7. The number of phosphoric ester groups is 1. The molecule has 62 heavy (non-hydrogen) atoms. The Bertz CT molecular complexity index is 1190. The Hall–Kier alpha value is -2.03. The minimum atomic E-state index is -4.63. The molecule has 0 rings (SSSR count). The first-order valence-electron chi connectivity index (χ1n) is 25.3. The Balaban J connectivity index is 4.19. The van der Waals surface area contributed by atoms with Crippen LogP contribution in [0, 0.1) is 0 Å². The van der Waals surface area contributed by atoms with Crippen LogP contribution in [0.15, 0.2) is 48.6 Å². The van der Waals surface area contributed by atoms with Gasteiger partial charge in [-0.1, -0.05) is 204 Å². The highest BCUT2D eigenvalue weighted by molar-refractivity contribution is 7.45. The molecule has 0 bridgehead atoms. The highest BCUT2D eigenvalue weighted by Gasteiger charge is 2.21. The molecule has 0 aliphatic rings. The number of likely N-dealkylation sites (N-methyl/N-ethyl adjacent to an activating group) is 1. The highest BCUT2D eigenvalue weighted by Crippen LogP contribution is 2.38. The Morgan fingerprint density at radius 2 is 0.919 bits per heavy atom. The number of allylic oxidation sites excluding steroid dienone is 8. The van der Waals surface area contributed by atoms with Crippen LogP contribution < -0.4 is 4.89 Å². The number of hydrogen-bond acceptors (Lipinski definition) is 8. The third kappa shape index (κ3) is 47.4. The number of carbonyl (C=O) groups excluding carboxylic acids is 2. The average molecular weight is 894 g/mol. The van der Waals surface area contributed by atoms with Gasteiger partial charge in [0, 0.05) is 12.8 Å². The Kier molecular flexibility index (Phi) is 42.7. The third-order valence-electron chi connectivity index (χ3n) is 10.9. The molecule has 0 aliphatic carbocycles. The fourth-order valence-electron chi connectivity index (χ4n) is 6.94. The highest BCUT2D eigenvalue weighted by atomic mass is 31.2. The third-order valence-corrected chi connectivity index (χ3v) is 11.8. The fraction of sp³-hybridized carbons (Fsp3) is 0.808. The molecule has 0 aromatic heterocycles. The summed E-state index contributed by atoms with van der Waals surface area (Å²) in [5.74, 6) is -0.830. The minimum Gasteiger partial charge on any atom is -0.756 e. The van der Waals surface area contributed by atoms with Crippen LogP contribution >= 0.6 is 7.82 Å². The van der Waals surface area contributed by atoms with Gasteiger partial charge in [0.15, 0.2) is 6.10 Å². The molecule has 0 radical (unpaired) electrons. The van der Waals surface area contributed by atoms with Gasteiger partial charge in [-0.05, 0) is 51.4 Å². The lowest BCUT2D eigenvalue weighted by Crippen LogP contribution is -2.37. The maximum Gasteiger partial charge on any atom is 0.306 e. The Morgan fingerprint density at radius 3 is 1.37 bits per heavy atom. The summed E-state index contributed by atoms with van der Waals surface area (Å²) in [4.78, 5) is 37.7. The van der Waals surface area contributed by atoms with Crippen LogP contribution in [0.1, 0.15) is 219 Å². The van der Waals surface area contributed by atoms with Crippen molar-refractivity contribution in [3.8, 4) is 0 Å². The minimum absolute atomic E-state index is 0.0307. The number of carbonyl (C=O) groups is 2. The first kappa shape index (κ1) is 60.0. The van der Waals surface area contributed by atoms with E-state index in [0.717, 1.165) is 64.2 Å². The Labute approximate surface area is 382 Å². The quantitative estimate of drug-likeness (QED) is 0.0195. The summed E-state index contributed by atoms with van der Waals surface area (Å²) in [6.45, 7) is 4.13. The lowest BCUT2D eigenvalue weighted by molar-refractivity contribution is -0.870. The van der Waals surface area contributed by atoms with Crippen molar-refractivity contribution < 1.29 is 42.1 Å². The van der Waals surface area contributed by atoms with Gasteiger partial charge >= 0.3 is 11.9 Å². The van der Waals surface area contributed by atoms with E-state index >= 15 is 0 Å². The lowest BCUT2D eigenvalue weighted by Gasteiger charge is -2.28. The van der Waals surface area contributed by atoms with E-state index in [1.54, 1.807) is 0 Å². The van der Waals surface area contributed by atoms with Crippen LogP contribution in [0.5, 0.6) is 0 Å². The van der Waals surface area contributed by atoms with E-state index < -0.39 is 26.5 Å². The van der Waals surface area contributed by atoms with Gasteiger partial charge in [-0.25, -0.2) is 0 Å². The van der Waals surface area contributed by atoms with E-state index in [4.69, 9.17) is 18.5 Å². The predicted octanol–water partition coefficient (Wildman–Crippen LogP) is 14.4. The molecular weight excluding hydrogens is 798 g/mol. The Morgan fingerprint density at radius 1 is 0.516 bits per heavy atom. The first-order valence-corrected chi connectivity index (χ1v) is 26.8. The predicted molar refractivity (Wildman–Crippen MR) is 259 cm³/mol. The van der Waals surface area contributed by atoms with Crippen molar-refractivity contribution in [1.29, 1.82) is 0 Å². The van der Waals surface area contributed by atoms with Gasteiger partial charge in [-0.3, -0.25) is 14.2 Å². The van der Waals surface area contributed by atoms with E-state index in [0.29, 0.717) is 17.4 Å². The summed E-state index contributed by atoms with van der Waals surface area (Å²) >= 11 is 0. The van der Waals surface area contributed by atoms with E-state index in [2.05, 4.69) is 62.5 Å². The number of unbranched alkanes of at least 4 members (excludes halogenated alkanes) is 24. The number of ether oxygens (including phenoxy) is 2. The van der Waals surface area contributed by atoms with E-state index in [1.807, 2.05) is 21.1 Å². The zero-order valence-electron chi connectivity index (χ0n) is 40.8. The first-order chi connectivity index (χ1) is 30.0. The molecule has 0 fully saturated rings. The standard InChI is InChI=1S/C52H96NO8P/c1-6-8-10-12-14-16-18-20-21-22-23-24-25-26-27-28-29-30-31-33-35-37-39-41-43-45-52(55)61-50(49-60-62(56,57)59-47-46-53(3,4)5)48-58-51(54)44-42-40-38-36-34-32-19-17-15-13-11-9-7-2/h8,10,14,16,20-21,23-24,50H,6-7,9,11-13,15,17-19,22,25-49H2,1-5H3/b10-8-,16-14-,21-20-,24-23-. The number of esters is 2. The molecule has 0 aliphatic heterocycles. The number of hydrogen-bond donors (Lipinski definition) is 0. The number of phosphoric acid groups is 1. The normalized spacial score (nSPS) is 13.8. The van der Waals surface area contributed by atoms with Crippen LogP contribution in [0.25, 0.3) is 0 Å². The van der Waals surface area contributed by atoms with Crippen molar-refractivity contribution in [3.05, 3.63) is 48.6 Å². The van der Waals surface area contributed by atoms with Gasteiger partial charge in [-0.15, -0.1) is 0 Å². The molecule has 0 heterocycles. The van der Waals surface area contributed by atoms with Crippen molar-refractivity contribution >= 4 is 19.8 Å². The summed E-state index contributed by atoms with van der Waals surface area (Å²) in [5.41, 5.74) is 0. The zero-order valence-corrected chi connectivity index (χ0v) is 41.7. The van der Waals surface area contributed by atoms with Gasteiger partial charge in [0.05, 0.1) is 27.7 Å². The van der Waals surface area contributed by atoms with Crippen molar-refractivity contribution in [3.63, 3.8) is 0 Å². The SMILES string of the molecule is CC/C=C\C/C=C\C/C=C\C/C=C\CCCCCCCCCCCCCCC(=O)OC(COC(=O)CCCCCCCCCCCCCCC)COP(=O)([O-])OCC[N+](C)(C)C. The molecule has 362 valence electrons. The molecule has 0 aromatic carbocycles.